The molecule has 3 nitrogen and oxygen atoms in total. The van der Waals surface area contributed by atoms with Gasteiger partial charge in [0, 0.05) is 23.2 Å². The first-order chi connectivity index (χ1) is 9.52. The summed E-state index contributed by atoms with van der Waals surface area (Å²) >= 11 is 4.27. The average molecular weight is 282 g/mol. The Labute approximate surface area is 123 Å². The summed E-state index contributed by atoms with van der Waals surface area (Å²) in [7, 11) is 1.70. The molecule has 0 atom stereocenters. The van der Waals surface area contributed by atoms with Crippen LogP contribution >= 0.6 is 12.6 Å². The van der Waals surface area contributed by atoms with Crippen LogP contribution in [0.1, 0.15) is 21.5 Å². The molecule has 0 N–H and O–H groups in total. The second-order valence-electron chi connectivity index (χ2n) is 4.53. The molecule has 0 fully saturated rings. The number of anilines is 1. The summed E-state index contributed by atoms with van der Waals surface area (Å²) in [5.74, 6) is -0.117. The second-order valence-corrected chi connectivity index (χ2v) is 5.04. The zero-order valence-electron chi connectivity index (χ0n) is 11.3. The predicted molar refractivity (Wildman–Crippen MR) is 82.3 cm³/mol. The molecule has 0 saturated heterocycles. The van der Waals surface area contributed by atoms with Gasteiger partial charge >= 0.3 is 0 Å². The predicted octanol–water partition coefficient (Wildman–Crippen LogP) is 3.43. The van der Waals surface area contributed by atoms with E-state index in [1.807, 2.05) is 19.1 Å². The molecule has 0 spiro atoms. The second kappa shape index (κ2) is 5.81. The quantitative estimate of drug-likeness (QED) is 0.858. The fourth-order valence-corrected chi connectivity index (χ4v) is 2.13. The maximum absolute atomic E-state index is 12.5. The van der Waals surface area contributed by atoms with E-state index in [-0.39, 0.29) is 5.91 Å². The lowest BCUT2D eigenvalue weighted by atomic mass is 10.1. The monoisotopic (exact) mass is 282 g/mol. The molecule has 100 valence electrons. The largest absolute Gasteiger partial charge is 0.311 e. The van der Waals surface area contributed by atoms with Crippen LogP contribution in [0.4, 0.5) is 5.69 Å². The van der Waals surface area contributed by atoms with Crippen molar-refractivity contribution in [1.29, 1.82) is 5.26 Å². The maximum Gasteiger partial charge on any atom is 0.258 e. The molecule has 0 bridgehead atoms. The van der Waals surface area contributed by atoms with E-state index in [2.05, 4.69) is 18.7 Å². The molecule has 2 aromatic carbocycles. The Morgan fingerprint density at radius 1 is 1.25 bits per heavy atom. The molecule has 0 aromatic heterocycles. The van der Waals surface area contributed by atoms with Crippen LogP contribution in [0.15, 0.2) is 47.4 Å². The van der Waals surface area contributed by atoms with Gasteiger partial charge in [-0.15, -0.1) is 12.6 Å². The molecular formula is C16H14N2OS. The van der Waals surface area contributed by atoms with Crippen molar-refractivity contribution >= 4 is 24.2 Å². The first kappa shape index (κ1) is 14.2. The van der Waals surface area contributed by atoms with Gasteiger partial charge in [-0.2, -0.15) is 5.26 Å². The van der Waals surface area contributed by atoms with Gasteiger partial charge in [-0.25, -0.2) is 0 Å². The highest BCUT2D eigenvalue weighted by Crippen LogP contribution is 2.20. The number of hydrogen-bond acceptors (Lipinski definition) is 3. The Morgan fingerprint density at radius 3 is 2.70 bits per heavy atom. The van der Waals surface area contributed by atoms with Crippen molar-refractivity contribution in [2.24, 2.45) is 0 Å². The van der Waals surface area contributed by atoms with Crippen molar-refractivity contribution in [3.8, 4) is 6.07 Å². The van der Waals surface area contributed by atoms with Crippen LogP contribution in [0.3, 0.4) is 0 Å². The molecule has 2 aromatic rings. The molecule has 0 aliphatic heterocycles. The number of aryl methyl sites for hydroxylation is 1. The van der Waals surface area contributed by atoms with Gasteiger partial charge in [-0.3, -0.25) is 4.79 Å². The molecule has 0 saturated carbocycles. The molecule has 0 radical (unpaired) electrons. The Balaban J connectivity index is 2.37. The summed E-state index contributed by atoms with van der Waals surface area (Å²) in [4.78, 5) is 14.8. The summed E-state index contributed by atoms with van der Waals surface area (Å²) in [5.41, 5.74) is 2.73. The highest BCUT2D eigenvalue weighted by molar-refractivity contribution is 7.80. The van der Waals surface area contributed by atoms with Crippen molar-refractivity contribution < 1.29 is 4.79 Å². The third-order valence-electron chi connectivity index (χ3n) is 3.12. The molecule has 2 rings (SSSR count). The minimum atomic E-state index is -0.117. The first-order valence-corrected chi connectivity index (χ1v) is 6.55. The van der Waals surface area contributed by atoms with E-state index in [0.29, 0.717) is 16.8 Å². The number of carbonyl (C=O) groups excluding carboxylic acids is 1. The number of thiol groups is 1. The Bertz CT molecular complexity index is 704. The zero-order chi connectivity index (χ0) is 14.7. The summed E-state index contributed by atoms with van der Waals surface area (Å²) in [6.45, 7) is 1.89. The van der Waals surface area contributed by atoms with Gasteiger partial charge in [0.1, 0.15) is 0 Å². The van der Waals surface area contributed by atoms with Crippen molar-refractivity contribution in [3.05, 3.63) is 59.2 Å². The Morgan fingerprint density at radius 2 is 2.00 bits per heavy atom. The van der Waals surface area contributed by atoms with E-state index in [1.54, 1.807) is 37.4 Å². The smallest absolute Gasteiger partial charge is 0.258 e. The van der Waals surface area contributed by atoms with Crippen LogP contribution in [0.2, 0.25) is 0 Å². The number of benzene rings is 2. The van der Waals surface area contributed by atoms with Crippen molar-refractivity contribution in [3.63, 3.8) is 0 Å². The minimum Gasteiger partial charge on any atom is -0.311 e. The number of nitrogens with zero attached hydrogens (tertiary/aromatic N) is 2. The van der Waals surface area contributed by atoms with Gasteiger partial charge in [0.15, 0.2) is 0 Å². The molecule has 0 aliphatic carbocycles. The highest BCUT2D eigenvalue weighted by atomic mass is 32.1. The van der Waals surface area contributed by atoms with Gasteiger partial charge < -0.3 is 4.90 Å². The average Bonchev–Trinajstić information content (AvgIpc) is 2.48. The molecule has 0 unspecified atom stereocenters. The fraction of sp³-hybridized carbons (Fsp3) is 0.125. The summed E-state index contributed by atoms with van der Waals surface area (Å²) in [5, 5.41) is 8.92. The molecule has 4 heteroatoms. The third kappa shape index (κ3) is 2.84. The van der Waals surface area contributed by atoms with E-state index in [1.165, 1.54) is 4.90 Å². The summed E-state index contributed by atoms with van der Waals surface area (Å²) in [6.07, 6.45) is 0. The lowest BCUT2D eigenvalue weighted by molar-refractivity contribution is 0.0992. The molecule has 1 amide bonds. The topological polar surface area (TPSA) is 44.1 Å². The van der Waals surface area contributed by atoms with E-state index >= 15 is 0 Å². The number of rotatable bonds is 2. The van der Waals surface area contributed by atoms with Crippen LogP contribution < -0.4 is 4.90 Å². The molecule has 0 heterocycles. The number of hydrogen-bond donors (Lipinski definition) is 1. The third-order valence-corrected chi connectivity index (χ3v) is 3.40. The van der Waals surface area contributed by atoms with Crippen LogP contribution in [-0.2, 0) is 0 Å². The molecule has 0 aliphatic rings. The first-order valence-electron chi connectivity index (χ1n) is 6.11. The van der Waals surface area contributed by atoms with Gasteiger partial charge in [0.05, 0.1) is 11.6 Å². The van der Waals surface area contributed by atoms with Gasteiger partial charge in [0.25, 0.3) is 5.91 Å². The number of carbonyl (C=O) groups is 1. The number of amides is 1. The SMILES string of the molecule is Cc1ccc(S)cc1C(=O)N(C)c1cccc(C#N)c1. The maximum atomic E-state index is 12.5. The minimum absolute atomic E-state index is 0.117. The van der Waals surface area contributed by atoms with E-state index in [4.69, 9.17) is 5.26 Å². The van der Waals surface area contributed by atoms with Crippen molar-refractivity contribution in [1.82, 2.24) is 0 Å². The summed E-state index contributed by atoms with van der Waals surface area (Å²) < 4.78 is 0. The standard InChI is InChI=1S/C16H14N2OS/c1-11-6-7-14(20)9-15(11)16(19)18(2)13-5-3-4-12(8-13)10-17/h3-9,20H,1-2H3. The lowest BCUT2D eigenvalue weighted by Gasteiger charge is -2.19. The summed E-state index contributed by atoms with van der Waals surface area (Å²) in [6, 6.07) is 14.5. The van der Waals surface area contributed by atoms with Crippen molar-refractivity contribution in [2.75, 3.05) is 11.9 Å². The van der Waals surface area contributed by atoms with E-state index in [0.717, 1.165) is 10.5 Å². The van der Waals surface area contributed by atoms with Gasteiger partial charge in [-0.05, 0) is 42.8 Å². The molecule has 20 heavy (non-hydrogen) atoms. The Hall–Kier alpha value is -2.25. The van der Waals surface area contributed by atoms with Gasteiger partial charge in [0.2, 0.25) is 0 Å². The molecular weight excluding hydrogens is 268 g/mol. The zero-order valence-corrected chi connectivity index (χ0v) is 12.2. The fourth-order valence-electron chi connectivity index (χ4n) is 1.92. The van der Waals surface area contributed by atoms with E-state index < -0.39 is 0 Å². The van der Waals surface area contributed by atoms with Crippen molar-refractivity contribution in [2.45, 2.75) is 11.8 Å². The highest BCUT2D eigenvalue weighted by Gasteiger charge is 2.16. The normalized spacial score (nSPS) is 9.90. The van der Waals surface area contributed by atoms with Crippen LogP contribution in [-0.4, -0.2) is 13.0 Å². The van der Waals surface area contributed by atoms with E-state index in [9.17, 15) is 4.79 Å². The lowest BCUT2D eigenvalue weighted by Crippen LogP contribution is -2.27. The van der Waals surface area contributed by atoms with Crippen LogP contribution in [0.25, 0.3) is 0 Å². The van der Waals surface area contributed by atoms with Gasteiger partial charge in [-0.1, -0.05) is 12.1 Å². The number of nitriles is 1. The Kier molecular flexibility index (Phi) is 4.11. The van der Waals surface area contributed by atoms with Crippen LogP contribution in [0, 0.1) is 18.3 Å². The van der Waals surface area contributed by atoms with Crippen LogP contribution in [0.5, 0.6) is 0 Å².